The van der Waals surface area contributed by atoms with E-state index in [4.69, 9.17) is 21.9 Å². The van der Waals surface area contributed by atoms with Crippen LogP contribution in [0.2, 0.25) is 0 Å². The molecule has 4 nitrogen and oxygen atoms in total. The molecule has 0 aromatic carbocycles. The minimum Gasteiger partial charge on any atom is -0.451 e. The first kappa shape index (κ1) is 13.2. The topological polar surface area (TPSA) is 87.3 Å². The van der Waals surface area contributed by atoms with E-state index in [0.717, 1.165) is 24.0 Å². The van der Waals surface area contributed by atoms with Crippen LogP contribution in [-0.4, -0.2) is 5.97 Å². The molecule has 2 fully saturated rings. The van der Waals surface area contributed by atoms with E-state index >= 15 is 0 Å². The molecule has 0 bridgehead atoms. The number of nitrogens with two attached hydrogens (primary N) is 3. The molecule has 2 saturated carbocycles. The highest BCUT2D eigenvalue weighted by Crippen LogP contribution is 2.49. The molecular weight excluding hydrogens is 238 g/mol. The molecule has 0 spiro atoms. The summed E-state index contributed by atoms with van der Waals surface area (Å²) in [5, 5.41) is 0. The van der Waals surface area contributed by atoms with Crippen molar-refractivity contribution < 1.29 is 4.74 Å². The third-order valence-electron chi connectivity index (χ3n) is 4.98. The minimum atomic E-state index is -1.56. The van der Waals surface area contributed by atoms with Gasteiger partial charge in [-0.25, -0.2) is 0 Å². The second-order valence-corrected chi connectivity index (χ2v) is 6.39. The largest absolute Gasteiger partial charge is 0.451 e. The first-order valence-corrected chi connectivity index (χ1v) is 7.48. The lowest BCUT2D eigenvalue weighted by Gasteiger charge is -2.44. The van der Waals surface area contributed by atoms with Crippen molar-refractivity contribution in [3.8, 4) is 0 Å². The van der Waals surface area contributed by atoms with E-state index in [-0.39, 0.29) is 0 Å². The molecule has 3 unspecified atom stereocenters. The molecule has 0 aromatic heterocycles. The fourth-order valence-corrected chi connectivity index (χ4v) is 4.21. The second-order valence-electron chi connectivity index (χ2n) is 6.39. The Balaban J connectivity index is 1.75. The van der Waals surface area contributed by atoms with Crippen LogP contribution >= 0.6 is 0 Å². The van der Waals surface area contributed by atoms with Gasteiger partial charge in [0.1, 0.15) is 5.76 Å². The monoisotopic (exact) mass is 263 g/mol. The van der Waals surface area contributed by atoms with Crippen LogP contribution < -0.4 is 17.2 Å². The lowest BCUT2D eigenvalue weighted by atomic mass is 9.62. The van der Waals surface area contributed by atoms with Crippen molar-refractivity contribution in [2.24, 2.45) is 35.0 Å². The van der Waals surface area contributed by atoms with Gasteiger partial charge in [-0.15, -0.1) is 0 Å². The van der Waals surface area contributed by atoms with Crippen molar-refractivity contribution in [2.75, 3.05) is 0 Å². The van der Waals surface area contributed by atoms with Gasteiger partial charge in [0.2, 0.25) is 0 Å². The zero-order valence-corrected chi connectivity index (χ0v) is 11.5. The van der Waals surface area contributed by atoms with E-state index in [1.165, 1.54) is 38.5 Å². The zero-order chi connectivity index (χ0) is 13.5. The lowest BCUT2D eigenvalue weighted by Crippen LogP contribution is -2.60. The van der Waals surface area contributed by atoms with Crippen LogP contribution in [0.1, 0.15) is 44.9 Å². The maximum atomic E-state index is 5.54. The molecule has 0 aliphatic heterocycles. The maximum absolute atomic E-state index is 5.54. The average molecular weight is 263 g/mol. The summed E-state index contributed by atoms with van der Waals surface area (Å²) in [5.74, 6) is 1.64. The van der Waals surface area contributed by atoms with E-state index in [1.54, 1.807) is 5.57 Å². The maximum Gasteiger partial charge on any atom is 0.270 e. The molecule has 4 heteroatoms. The summed E-state index contributed by atoms with van der Waals surface area (Å²) >= 11 is 0. The van der Waals surface area contributed by atoms with E-state index in [1.807, 2.05) is 6.08 Å². The summed E-state index contributed by atoms with van der Waals surface area (Å²) in [7, 11) is 0. The standard InChI is InChI=1S/C15H25N3O/c16-15(17,18)19-12-8-7-11-6-5-10-3-1-2-4-13(10)14(11)9-12/h7-8,10,13-14H,1-6,9,16-18H2. The van der Waals surface area contributed by atoms with Crippen molar-refractivity contribution in [1.29, 1.82) is 0 Å². The van der Waals surface area contributed by atoms with E-state index in [9.17, 15) is 0 Å². The fourth-order valence-electron chi connectivity index (χ4n) is 4.21. The molecule has 3 aliphatic rings. The van der Waals surface area contributed by atoms with Gasteiger partial charge >= 0.3 is 0 Å². The SMILES string of the molecule is NC(N)(N)OC1=CC=C2CCC3CCCCC3C2C1. The van der Waals surface area contributed by atoms with E-state index in [2.05, 4.69) is 6.08 Å². The Bertz CT molecular complexity index is 408. The van der Waals surface area contributed by atoms with Crippen LogP contribution in [0.4, 0.5) is 0 Å². The summed E-state index contributed by atoms with van der Waals surface area (Å²) in [5.41, 5.74) is 18.2. The molecular formula is C15H25N3O. The molecule has 3 atom stereocenters. The number of allylic oxidation sites excluding steroid dienone is 4. The molecule has 6 N–H and O–H groups in total. The van der Waals surface area contributed by atoms with E-state index in [0.29, 0.717) is 5.92 Å². The van der Waals surface area contributed by atoms with Crippen LogP contribution in [0, 0.1) is 17.8 Å². The zero-order valence-electron chi connectivity index (χ0n) is 11.5. The average Bonchev–Trinajstić information content (AvgIpc) is 2.37. The lowest BCUT2D eigenvalue weighted by molar-refractivity contribution is 0.00446. The summed E-state index contributed by atoms with van der Waals surface area (Å²) in [6.45, 7) is 0. The van der Waals surface area contributed by atoms with Gasteiger partial charge in [-0.1, -0.05) is 30.9 Å². The summed E-state index contributed by atoms with van der Waals surface area (Å²) < 4.78 is 5.46. The smallest absolute Gasteiger partial charge is 0.270 e. The van der Waals surface area contributed by atoms with Gasteiger partial charge in [-0.3, -0.25) is 17.2 Å². The predicted octanol–water partition coefficient (Wildman–Crippen LogP) is 1.92. The Morgan fingerprint density at radius 2 is 1.84 bits per heavy atom. The van der Waals surface area contributed by atoms with Crippen LogP contribution in [0.5, 0.6) is 0 Å². The molecule has 19 heavy (non-hydrogen) atoms. The van der Waals surface area contributed by atoms with Crippen LogP contribution in [0.25, 0.3) is 0 Å². The number of hydrogen-bond donors (Lipinski definition) is 3. The molecule has 3 aliphatic carbocycles. The van der Waals surface area contributed by atoms with Gasteiger partial charge < -0.3 is 4.74 Å². The van der Waals surface area contributed by atoms with Crippen molar-refractivity contribution in [3.05, 3.63) is 23.5 Å². The molecule has 0 amide bonds. The van der Waals surface area contributed by atoms with Crippen molar-refractivity contribution >= 4 is 0 Å². The summed E-state index contributed by atoms with van der Waals surface area (Å²) in [4.78, 5) is 0. The quantitative estimate of drug-likeness (QED) is 0.664. The molecule has 0 radical (unpaired) electrons. The van der Waals surface area contributed by atoms with Crippen LogP contribution in [0.15, 0.2) is 23.5 Å². The molecule has 0 aromatic rings. The first-order chi connectivity index (χ1) is 9.03. The number of fused-ring (bicyclic) bond motifs is 3. The molecule has 106 valence electrons. The highest BCUT2D eigenvalue weighted by atomic mass is 16.5. The number of ether oxygens (including phenoxy) is 1. The van der Waals surface area contributed by atoms with Gasteiger partial charge in [0, 0.05) is 6.42 Å². The van der Waals surface area contributed by atoms with E-state index < -0.39 is 5.97 Å². The molecule has 3 rings (SSSR count). The van der Waals surface area contributed by atoms with Crippen molar-refractivity contribution in [3.63, 3.8) is 0 Å². The fraction of sp³-hybridized carbons (Fsp3) is 0.733. The van der Waals surface area contributed by atoms with Crippen LogP contribution in [0.3, 0.4) is 0 Å². The number of hydrogen-bond acceptors (Lipinski definition) is 4. The Morgan fingerprint density at radius 1 is 1.05 bits per heavy atom. The Morgan fingerprint density at radius 3 is 2.63 bits per heavy atom. The number of rotatable bonds is 2. The normalized spacial score (nSPS) is 34.8. The van der Waals surface area contributed by atoms with Gasteiger partial charge in [0.15, 0.2) is 0 Å². The van der Waals surface area contributed by atoms with Crippen LogP contribution in [-0.2, 0) is 4.74 Å². The first-order valence-electron chi connectivity index (χ1n) is 7.48. The third kappa shape index (κ3) is 2.86. The third-order valence-corrected chi connectivity index (χ3v) is 4.98. The highest BCUT2D eigenvalue weighted by molar-refractivity contribution is 5.27. The van der Waals surface area contributed by atoms with Gasteiger partial charge in [-0.05, 0) is 43.1 Å². The Labute approximate surface area is 115 Å². The molecule has 0 heterocycles. The highest BCUT2D eigenvalue weighted by Gasteiger charge is 2.39. The Hall–Kier alpha value is -0.840. The second kappa shape index (κ2) is 4.93. The minimum absolute atomic E-state index is 0.626. The van der Waals surface area contributed by atoms with Gasteiger partial charge in [0.25, 0.3) is 5.97 Å². The van der Waals surface area contributed by atoms with Crippen molar-refractivity contribution in [2.45, 2.75) is 50.9 Å². The predicted molar refractivity (Wildman–Crippen MR) is 75.3 cm³/mol. The van der Waals surface area contributed by atoms with Crippen molar-refractivity contribution in [1.82, 2.24) is 0 Å². The van der Waals surface area contributed by atoms with Gasteiger partial charge in [0.05, 0.1) is 0 Å². The Kier molecular flexibility index (Phi) is 3.41. The van der Waals surface area contributed by atoms with Gasteiger partial charge in [-0.2, -0.15) is 0 Å². The summed E-state index contributed by atoms with van der Waals surface area (Å²) in [6, 6.07) is 0. The summed E-state index contributed by atoms with van der Waals surface area (Å²) in [6.07, 6.45) is 13.3. The molecule has 0 saturated heterocycles.